The Balaban J connectivity index is 4.97. The first-order valence-electron chi connectivity index (χ1n) is 6.93. The van der Waals surface area contributed by atoms with Gasteiger partial charge in [-0.15, -0.1) is 0 Å². The molecule has 0 aromatic rings. The summed E-state index contributed by atoms with van der Waals surface area (Å²) in [5.74, 6) is -3.44. The first-order valence-corrected chi connectivity index (χ1v) is 6.93. The van der Waals surface area contributed by atoms with Gasteiger partial charge >= 0.3 is 5.97 Å². The average molecular weight is 316 g/mol. The lowest BCUT2D eigenvalue weighted by Gasteiger charge is -2.23. The lowest BCUT2D eigenvalue weighted by Crippen LogP contribution is -2.55. The highest BCUT2D eigenvalue weighted by atomic mass is 16.4. The van der Waals surface area contributed by atoms with Gasteiger partial charge < -0.3 is 27.2 Å². The molecule has 9 nitrogen and oxygen atoms in total. The molecule has 0 saturated heterocycles. The molecule has 22 heavy (non-hydrogen) atoms. The Morgan fingerprint density at radius 3 is 1.95 bits per heavy atom. The predicted molar refractivity (Wildman–Crippen MR) is 78.4 cm³/mol. The maximum Gasteiger partial charge on any atom is 0.326 e. The van der Waals surface area contributed by atoms with E-state index in [4.69, 9.17) is 16.6 Å². The molecule has 0 spiro atoms. The van der Waals surface area contributed by atoms with E-state index in [2.05, 4.69) is 10.6 Å². The Kier molecular flexibility index (Phi) is 8.10. The summed E-state index contributed by atoms with van der Waals surface area (Å²) in [5, 5.41) is 13.8. The molecule has 0 bridgehead atoms. The molecule has 7 N–H and O–H groups in total. The largest absolute Gasteiger partial charge is 0.480 e. The van der Waals surface area contributed by atoms with Crippen molar-refractivity contribution in [2.75, 3.05) is 0 Å². The monoisotopic (exact) mass is 316 g/mol. The summed E-state index contributed by atoms with van der Waals surface area (Å²) < 4.78 is 0. The van der Waals surface area contributed by atoms with E-state index in [0.717, 1.165) is 0 Å². The molecule has 0 rings (SSSR count). The predicted octanol–water partition coefficient (Wildman–Crippen LogP) is -1.69. The SMILES string of the molecule is CC(C)[C@H](NC(=O)[C@H](CCC(N)=O)NC(=O)[C@H](C)N)C(=O)O. The van der Waals surface area contributed by atoms with Crippen LogP contribution in [-0.2, 0) is 19.2 Å². The van der Waals surface area contributed by atoms with Crippen LogP contribution in [0.3, 0.4) is 0 Å². The van der Waals surface area contributed by atoms with Crippen molar-refractivity contribution in [1.29, 1.82) is 0 Å². The van der Waals surface area contributed by atoms with Gasteiger partial charge in [-0.2, -0.15) is 0 Å². The van der Waals surface area contributed by atoms with Crippen LogP contribution in [0.1, 0.15) is 33.6 Å². The van der Waals surface area contributed by atoms with Crippen molar-refractivity contribution in [3.05, 3.63) is 0 Å². The number of rotatable bonds is 9. The van der Waals surface area contributed by atoms with Crippen LogP contribution in [0.2, 0.25) is 0 Å². The van der Waals surface area contributed by atoms with Crippen LogP contribution < -0.4 is 22.1 Å². The first-order chi connectivity index (χ1) is 10.1. The van der Waals surface area contributed by atoms with Crippen LogP contribution in [0.4, 0.5) is 0 Å². The number of nitrogens with two attached hydrogens (primary N) is 2. The molecule has 0 aliphatic carbocycles. The number of primary amides is 1. The van der Waals surface area contributed by atoms with Crippen molar-refractivity contribution in [2.24, 2.45) is 17.4 Å². The minimum atomic E-state index is -1.18. The Morgan fingerprint density at radius 1 is 1.05 bits per heavy atom. The summed E-state index contributed by atoms with van der Waals surface area (Å²) in [6.07, 6.45) is -0.166. The van der Waals surface area contributed by atoms with Gasteiger partial charge in [0.2, 0.25) is 17.7 Å². The van der Waals surface area contributed by atoms with E-state index in [0.29, 0.717) is 0 Å². The normalized spacial score (nSPS) is 14.8. The van der Waals surface area contributed by atoms with E-state index in [1.54, 1.807) is 13.8 Å². The molecule has 3 atom stereocenters. The number of nitrogens with one attached hydrogen (secondary N) is 2. The van der Waals surface area contributed by atoms with Gasteiger partial charge in [0.1, 0.15) is 12.1 Å². The fourth-order valence-electron chi connectivity index (χ4n) is 1.63. The molecule has 0 aliphatic rings. The Hall–Kier alpha value is -2.16. The third-order valence-electron chi connectivity index (χ3n) is 2.96. The molecule has 0 saturated carbocycles. The minimum absolute atomic E-state index is 0.0376. The maximum atomic E-state index is 12.2. The molecule has 0 aromatic heterocycles. The molecule has 3 amide bonds. The minimum Gasteiger partial charge on any atom is -0.480 e. The van der Waals surface area contributed by atoms with Gasteiger partial charge in [-0.25, -0.2) is 4.79 Å². The highest BCUT2D eigenvalue weighted by Crippen LogP contribution is 2.05. The van der Waals surface area contributed by atoms with Crippen LogP contribution in [0.25, 0.3) is 0 Å². The summed E-state index contributed by atoms with van der Waals surface area (Å²) in [6.45, 7) is 4.71. The number of carbonyl (C=O) groups excluding carboxylic acids is 3. The highest BCUT2D eigenvalue weighted by Gasteiger charge is 2.29. The van der Waals surface area contributed by atoms with E-state index in [9.17, 15) is 19.2 Å². The van der Waals surface area contributed by atoms with Gasteiger partial charge in [-0.3, -0.25) is 14.4 Å². The number of aliphatic carboxylic acids is 1. The Bertz CT molecular complexity index is 436. The van der Waals surface area contributed by atoms with E-state index in [-0.39, 0.29) is 18.8 Å². The molecular weight excluding hydrogens is 292 g/mol. The average Bonchev–Trinajstić information content (AvgIpc) is 2.38. The van der Waals surface area contributed by atoms with Crippen molar-refractivity contribution in [2.45, 2.75) is 51.7 Å². The molecule has 0 unspecified atom stereocenters. The highest BCUT2D eigenvalue weighted by molar-refractivity contribution is 5.92. The third-order valence-corrected chi connectivity index (χ3v) is 2.96. The summed E-state index contributed by atoms with van der Waals surface area (Å²) in [7, 11) is 0. The number of hydrogen-bond donors (Lipinski definition) is 5. The van der Waals surface area contributed by atoms with Gasteiger partial charge in [0.05, 0.1) is 6.04 Å². The molecule has 9 heteroatoms. The zero-order valence-electron chi connectivity index (χ0n) is 13.0. The van der Waals surface area contributed by atoms with Crippen LogP contribution in [-0.4, -0.2) is 46.9 Å². The van der Waals surface area contributed by atoms with E-state index < -0.39 is 41.8 Å². The fraction of sp³-hybridized carbons (Fsp3) is 0.692. The van der Waals surface area contributed by atoms with Crippen molar-refractivity contribution < 1.29 is 24.3 Å². The molecule has 126 valence electrons. The fourth-order valence-corrected chi connectivity index (χ4v) is 1.63. The Labute approximate surface area is 128 Å². The van der Waals surface area contributed by atoms with E-state index >= 15 is 0 Å². The molecule has 0 heterocycles. The summed E-state index contributed by atoms with van der Waals surface area (Å²) in [6, 6.07) is -3.02. The molecule has 0 fully saturated rings. The van der Waals surface area contributed by atoms with E-state index in [1.807, 2.05) is 0 Å². The standard InChI is InChI=1S/C13H24N4O5/c1-6(2)10(13(21)22)17-12(20)8(4-5-9(15)18)16-11(19)7(3)14/h6-8,10H,4-5,14H2,1-3H3,(H2,15,18)(H,16,19)(H,17,20)(H,21,22)/t7-,8-,10-/m0/s1. The quantitative estimate of drug-likeness (QED) is 0.340. The molecule has 0 radical (unpaired) electrons. The maximum absolute atomic E-state index is 12.2. The van der Waals surface area contributed by atoms with Crippen molar-refractivity contribution in [3.63, 3.8) is 0 Å². The van der Waals surface area contributed by atoms with Gasteiger partial charge in [0.25, 0.3) is 0 Å². The topological polar surface area (TPSA) is 165 Å². The molecule has 0 aliphatic heterocycles. The number of carbonyl (C=O) groups is 4. The molecule has 0 aromatic carbocycles. The van der Waals surface area contributed by atoms with Gasteiger partial charge in [0.15, 0.2) is 0 Å². The second-order valence-corrected chi connectivity index (χ2v) is 5.42. The number of carboxylic acids is 1. The van der Waals surface area contributed by atoms with Gasteiger partial charge in [-0.05, 0) is 19.3 Å². The van der Waals surface area contributed by atoms with Crippen molar-refractivity contribution in [3.8, 4) is 0 Å². The first kappa shape index (κ1) is 19.8. The van der Waals surface area contributed by atoms with Crippen molar-refractivity contribution in [1.82, 2.24) is 10.6 Å². The number of amides is 3. The van der Waals surface area contributed by atoms with E-state index in [1.165, 1.54) is 6.92 Å². The van der Waals surface area contributed by atoms with Gasteiger partial charge in [-0.1, -0.05) is 13.8 Å². The summed E-state index contributed by atoms with van der Waals surface area (Å²) >= 11 is 0. The van der Waals surface area contributed by atoms with Crippen LogP contribution in [0.5, 0.6) is 0 Å². The smallest absolute Gasteiger partial charge is 0.326 e. The zero-order chi connectivity index (χ0) is 17.4. The van der Waals surface area contributed by atoms with Crippen molar-refractivity contribution >= 4 is 23.7 Å². The number of hydrogen-bond acceptors (Lipinski definition) is 5. The lowest BCUT2D eigenvalue weighted by molar-refractivity contribution is -0.143. The second kappa shape index (κ2) is 8.98. The summed E-state index contributed by atoms with van der Waals surface area (Å²) in [5.41, 5.74) is 10.4. The van der Waals surface area contributed by atoms with Crippen LogP contribution in [0.15, 0.2) is 0 Å². The second-order valence-electron chi connectivity index (χ2n) is 5.42. The summed E-state index contributed by atoms with van der Waals surface area (Å²) in [4.78, 5) is 45.7. The number of carboxylic acid groups (broad SMARTS) is 1. The van der Waals surface area contributed by atoms with Gasteiger partial charge in [0, 0.05) is 6.42 Å². The Morgan fingerprint density at radius 2 is 1.59 bits per heavy atom. The molecular formula is C13H24N4O5. The van der Waals surface area contributed by atoms with Crippen LogP contribution in [0, 0.1) is 5.92 Å². The van der Waals surface area contributed by atoms with Crippen LogP contribution >= 0.6 is 0 Å². The third kappa shape index (κ3) is 7.02. The zero-order valence-corrected chi connectivity index (χ0v) is 13.0. The lowest BCUT2D eigenvalue weighted by atomic mass is 10.0.